The highest BCUT2D eigenvalue weighted by Crippen LogP contribution is 2.23. The number of hydrogen-bond acceptors (Lipinski definition) is 4. The Hall–Kier alpha value is -2.66. The van der Waals surface area contributed by atoms with E-state index in [4.69, 9.17) is 0 Å². The largest absolute Gasteiger partial charge is 0.372 e. The van der Waals surface area contributed by atoms with E-state index in [1.807, 2.05) is 30.3 Å². The molecule has 5 rings (SSSR count). The van der Waals surface area contributed by atoms with Crippen LogP contribution < -0.4 is 15.0 Å². The molecular weight excluding hydrogens is 342 g/mol. The first-order chi connectivity index (χ1) is 12.7. The van der Waals surface area contributed by atoms with Crippen molar-refractivity contribution in [3.05, 3.63) is 68.5 Å². The molecule has 2 aromatic carbocycles. The summed E-state index contributed by atoms with van der Waals surface area (Å²) in [6.07, 6.45) is 4.55. The lowest BCUT2D eigenvalue weighted by Gasteiger charge is -2.18. The van der Waals surface area contributed by atoms with E-state index in [0.29, 0.717) is 0 Å². The van der Waals surface area contributed by atoms with Gasteiger partial charge in [-0.2, -0.15) is 0 Å². The Morgan fingerprint density at radius 2 is 1.92 bits per heavy atom. The van der Waals surface area contributed by atoms with Crippen molar-refractivity contribution in [1.29, 1.82) is 0 Å². The highest BCUT2D eigenvalue weighted by atomic mass is 32.1. The fourth-order valence-electron chi connectivity index (χ4n) is 3.75. The van der Waals surface area contributed by atoms with Crippen LogP contribution >= 0.6 is 11.3 Å². The van der Waals surface area contributed by atoms with Crippen molar-refractivity contribution in [2.75, 3.05) is 18.0 Å². The van der Waals surface area contributed by atoms with E-state index in [1.165, 1.54) is 35.4 Å². The Labute approximate surface area is 155 Å². The van der Waals surface area contributed by atoms with E-state index < -0.39 is 0 Å². The Morgan fingerprint density at radius 3 is 2.73 bits per heavy atom. The van der Waals surface area contributed by atoms with E-state index in [0.717, 1.165) is 39.2 Å². The van der Waals surface area contributed by atoms with Gasteiger partial charge < -0.3 is 4.90 Å². The molecule has 1 saturated heterocycles. The van der Waals surface area contributed by atoms with E-state index in [9.17, 15) is 4.79 Å². The number of anilines is 1. The topological polar surface area (TPSA) is 37.6 Å². The summed E-state index contributed by atoms with van der Waals surface area (Å²) in [5.41, 5.74) is 5.34. The van der Waals surface area contributed by atoms with Crippen molar-refractivity contribution >= 4 is 39.1 Å². The lowest BCUT2D eigenvalue weighted by atomic mass is 10.1. The maximum atomic E-state index is 12.9. The van der Waals surface area contributed by atoms with Crippen LogP contribution in [0.2, 0.25) is 0 Å². The minimum Gasteiger partial charge on any atom is -0.372 e. The number of para-hydroxylation sites is 2. The third-order valence-electron chi connectivity index (χ3n) is 5.16. The second-order valence-corrected chi connectivity index (χ2v) is 7.88. The summed E-state index contributed by atoms with van der Waals surface area (Å²) in [4.78, 5) is 20.7. The van der Waals surface area contributed by atoms with Gasteiger partial charge >= 0.3 is 0 Å². The number of fused-ring (bicyclic) bond motifs is 3. The van der Waals surface area contributed by atoms with Crippen molar-refractivity contribution in [1.82, 2.24) is 9.38 Å². The molecule has 3 heterocycles. The molecule has 0 amide bonds. The number of rotatable bonds is 2. The van der Waals surface area contributed by atoms with Crippen molar-refractivity contribution < 1.29 is 0 Å². The molecule has 130 valence electrons. The van der Waals surface area contributed by atoms with Crippen LogP contribution in [-0.2, 0) is 0 Å². The second kappa shape index (κ2) is 5.95. The molecule has 1 aliphatic rings. The van der Waals surface area contributed by atoms with Crippen LogP contribution in [-0.4, -0.2) is 22.5 Å². The van der Waals surface area contributed by atoms with E-state index >= 15 is 0 Å². The van der Waals surface area contributed by atoms with Crippen molar-refractivity contribution in [3.8, 4) is 0 Å². The summed E-state index contributed by atoms with van der Waals surface area (Å²) >= 11 is 1.46. The molecule has 4 nitrogen and oxygen atoms in total. The second-order valence-electron chi connectivity index (χ2n) is 6.87. The van der Waals surface area contributed by atoms with E-state index in [1.54, 1.807) is 4.40 Å². The normalized spacial score (nSPS) is 15.6. The zero-order valence-electron chi connectivity index (χ0n) is 14.6. The average Bonchev–Trinajstić information content (AvgIpc) is 3.35. The monoisotopic (exact) mass is 361 g/mol. The Morgan fingerprint density at radius 1 is 1.12 bits per heavy atom. The van der Waals surface area contributed by atoms with Crippen LogP contribution in [0.15, 0.2) is 47.3 Å². The number of nitrogens with zero attached hydrogens (tertiary/aromatic N) is 3. The Bertz CT molecular complexity index is 1230. The van der Waals surface area contributed by atoms with Gasteiger partial charge in [-0.1, -0.05) is 29.5 Å². The summed E-state index contributed by atoms with van der Waals surface area (Å²) in [5.74, 6) is 0. The molecule has 4 aromatic rings. The first-order valence-corrected chi connectivity index (χ1v) is 9.80. The summed E-state index contributed by atoms with van der Waals surface area (Å²) < 4.78 is 2.45. The van der Waals surface area contributed by atoms with Crippen LogP contribution in [0.25, 0.3) is 22.1 Å². The predicted octanol–water partition coefficient (Wildman–Crippen LogP) is 3.37. The van der Waals surface area contributed by atoms with Gasteiger partial charge in [-0.05, 0) is 61.2 Å². The Balaban J connectivity index is 1.62. The molecule has 0 radical (unpaired) electrons. The molecule has 26 heavy (non-hydrogen) atoms. The summed E-state index contributed by atoms with van der Waals surface area (Å²) in [6.45, 7) is 4.40. The van der Waals surface area contributed by atoms with Crippen LogP contribution in [0, 0.1) is 6.92 Å². The molecule has 5 heteroatoms. The highest BCUT2D eigenvalue weighted by molar-refractivity contribution is 7.15. The van der Waals surface area contributed by atoms with Gasteiger partial charge in [0.05, 0.1) is 15.6 Å². The lowest BCUT2D eigenvalue weighted by molar-refractivity contribution is 0.949. The van der Waals surface area contributed by atoms with Gasteiger partial charge in [0.15, 0.2) is 4.96 Å². The standard InChI is InChI=1S/C21H19N3OS/c1-14-12-16(23-10-4-5-11-23)9-8-15(14)13-19-20(25)24-18-7-3-2-6-17(18)22-21(24)26-19/h2-3,6-9,12-13H,4-5,10-11H2,1H3. The van der Waals surface area contributed by atoms with E-state index in [2.05, 4.69) is 35.0 Å². The third-order valence-corrected chi connectivity index (χ3v) is 6.13. The quantitative estimate of drug-likeness (QED) is 0.549. The molecule has 0 atom stereocenters. The van der Waals surface area contributed by atoms with Crippen LogP contribution in [0.4, 0.5) is 5.69 Å². The number of aromatic nitrogens is 2. The highest BCUT2D eigenvalue weighted by Gasteiger charge is 2.13. The molecule has 0 aliphatic carbocycles. The van der Waals surface area contributed by atoms with Gasteiger partial charge in [-0.3, -0.25) is 4.79 Å². The average molecular weight is 361 g/mol. The molecule has 0 bridgehead atoms. The number of benzene rings is 2. The van der Waals surface area contributed by atoms with Crippen LogP contribution in [0.1, 0.15) is 24.0 Å². The first-order valence-electron chi connectivity index (χ1n) is 8.98. The zero-order valence-corrected chi connectivity index (χ0v) is 15.4. The van der Waals surface area contributed by atoms with E-state index in [-0.39, 0.29) is 5.56 Å². The van der Waals surface area contributed by atoms with Gasteiger partial charge in [0, 0.05) is 18.8 Å². The summed E-state index contributed by atoms with van der Waals surface area (Å²) in [5, 5.41) is 0. The molecular formula is C21H19N3OS. The smallest absolute Gasteiger partial charge is 0.274 e. The number of imidazole rings is 1. The van der Waals surface area contributed by atoms with Crippen LogP contribution in [0.5, 0.6) is 0 Å². The first kappa shape index (κ1) is 15.6. The van der Waals surface area contributed by atoms with Gasteiger partial charge in [-0.25, -0.2) is 9.38 Å². The third kappa shape index (κ3) is 2.42. The zero-order chi connectivity index (χ0) is 17.7. The molecule has 0 unspecified atom stereocenters. The minimum absolute atomic E-state index is 0.0155. The summed E-state index contributed by atoms with van der Waals surface area (Å²) in [7, 11) is 0. The number of hydrogen-bond donors (Lipinski definition) is 0. The predicted molar refractivity (Wildman–Crippen MR) is 108 cm³/mol. The van der Waals surface area contributed by atoms with Crippen molar-refractivity contribution in [2.45, 2.75) is 19.8 Å². The fraction of sp³-hybridized carbons (Fsp3) is 0.238. The SMILES string of the molecule is Cc1cc(N2CCCC2)ccc1C=c1sc2nc3ccccc3n2c1=O. The van der Waals surface area contributed by atoms with Gasteiger partial charge in [0.2, 0.25) is 0 Å². The molecule has 1 aliphatic heterocycles. The number of aryl methyl sites for hydroxylation is 1. The van der Waals surface area contributed by atoms with Gasteiger partial charge in [-0.15, -0.1) is 0 Å². The van der Waals surface area contributed by atoms with Gasteiger partial charge in [0.25, 0.3) is 5.56 Å². The lowest BCUT2D eigenvalue weighted by Crippen LogP contribution is -2.22. The fourth-order valence-corrected chi connectivity index (χ4v) is 4.72. The van der Waals surface area contributed by atoms with Crippen molar-refractivity contribution in [3.63, 3.8) is 0 Å². The summed E-state index contributed by atoms with van der Waals surface area (Å²) in [6, 6.07) is 14.3. The maximum absolute atomic E-state index is 12.9. The molecule has 1 fully saturated rings. The number of thiazole rings is 1. The minimum atomic E-state index is 0.0155. The van der Waals surface area contributed by atoms with Crippen LogP contribution in [0.3, 0.4) is 0 Å². The maximum Gasteiger partial charge on any atom is 0.274 e. The molecule has 2 aromatic heterocycles. The molecule has 0 saturated carbocycles. The Kier molecular flexibility index (Phi) is 3.57. The van der Waals surface area contributed by atoms with Gasteiger partial charge in [0.1, 0.15) is 0 Å². The molecule has 0 N–H and O–H groups in total. The molecule has 0 spiro atoms. The van der Waals surface area contributed by atoms with Crippen molar-refractivity contribution in [2.24, 2.45) is 0 Å².